The minimum atomic E-state index is -0.711. The first-order chi connectivity index (χ1) is 7.72. The number of ether oxygens (including phenoxy) is 1. The average molecular weight is 229 g/mol. The maximum absolute atomic E-state index is 10.5. The summed E-state index contributed by atoms with van der Waals surface area (Å²) in [5.74, 6) is -0.711. The molecule has 4 heteroatoms. The lowest BCUT2D eigenvalue weighted by atomic mass is 10.1. The quantitative estimate of drug-likeness (QED) is 0.689. The molecule has 0 aromatic rings. The molecule has 16 heavy (non-hydrogen) atoms. The Hall–Kier alpha value is -0.610. The second-order valence-corrected chi connectivity index (χ2v) is 4.36. The molecule has 0 aromatic carbocycles. The van der Waals surface area contributed by atoms with Crippen LogP contribution in [-0.4, -0.2) is 48.3 Å². The molecule has 1 N–H and O–H groups in total. The Morgan fingerprint density at radius 1 is 1.50 bits per heavy atom. The molecule has 1 aliphatic heterocycles. The van der Waals surface area contributed by atoms with E-state index in [2.05, 4.69) is 11.8 Å². The SMILES string of the molecule is CCN(CCCC1CCCO1)CCC(=O)O. The zero-order valence-corrected chi connectivity index (χ0v) is 10.2. The van der Waals surface area contributed by atoms with Gasteiger partial charge >= 0.3 is 5.97 Å². The van der Waals surface area contributed by atoms with Crippen molar-refractivity contribution in [2.45, 2.75) is 45.1 Å². The van der Waals surface area contributed by atoms with Crippen molar-refractivity contribution in [2.24, 2.45) is 0 Å². The van der Waals surface area contributed by atoms with Crippen molar-refractivity contribution in [1.29, 1.82) is 0 Å². The summed E-state index contributed by atoms with van der Waals surface area (Å²) in [6.45, 7) is 5.58. The number of hydrogen-bond donors (Lipinski definition) is 1. The summed E-state index contributed by atoms with van der Waals surface area (Å²) in [7, 11) is 0. The van der Waals surface area contributed by atoms with Gasteiger partial charge in [-0.2, -0.15) is 0 Å². The highest BCUT2D eigenvalue weighted by Crippen LogP contribution is 2.16. The molecule has 94 valence electrons. The minimum Gasteiger partial charge on any atom is -0.481 e. The van der Waals surface area contributed by atoms with Crippen molar-refractivity contribution in [3.8, 4) is 0 Å². The molecule has 0 aliphatic carbocycles. The predicted molar refractivity (Wildman–Crippen MR) is 62.6 cm³/mol. The van der Waals surface area contributed by atoms with E-state index in [4.69, 9.17) is 9.84 Å². The van der Waals surface area contributed by atoms with Gasteiger partial charge in [0, 0.05) is 13.2 Å². The van der Waals surface area contributed by atoms with Gasteiger partial charge < -0.3 is 14.7 Å². The Bertz CT molecular complexity index is 202. The maximum Gasteiger partial charge on any atom is 0.304 e. The minimum absolute atomic E-state index is 0.244. The van der Waals surface area contributed by atoms with E-state index in [0.29, 0.717) is 12.6 Å². The first-order valence-electron chi connectivity index (χ1n) is 6.28. The molecule has 1 saturated heterocycles. The van der Waals surface area contributed by atoms with Crippen LogP contribution >= 0.6 is 0 Å². The second-order valence-electron chi connectivity index (χ2n) is 4.36. The normalized spacial score (nSPS) is 20.5. The molecule has 0 amide bonds. The molecule has 0 aromatic heterocycles. The molecule has 4 nitrogen and oxygen atoms in total. The average Bonchev–Trinajstić information content (AvgIpc) is 2.75. The number of carboxylic acid groups (broad SMARTS) is 1. The van der Waals surface area contributed by atoms with Gasteiger partial charge in [0.1, 0.15) is 0 Å². The Morgan fingerprint density at radius 3 is 2.88 bits per heavy atom. The summed E-state index contributed by atoms with van der Waals surface area (Å²) in [6, 6.07) is 0. The fraction of sp³-hybridized carbons (Fsp3) is 0.917. The third kappa shape index (κ3) is 5.47. The van der Waals surface area contributed by atoms with Gasteiger partial charge in [0.05, 0.1) is 12.5 Å². The number of aliphatic carboxylic acids is 1. The van der Waals surface area contributed by atoms with Gasteiger partial charge in [-0.1, -0.05) is 6.92 Å². The van der Waals surface area contributed by atoms with Crippen molar-refractivity contribution in [2.75, 3.05) is 26.2 Å². The second kappa shape index (κ2) is 7.63. The van der Waals surface area contributed by atoms with E-state index in [9.17, 15) is 4.79 Å². The molecule has 1 atom stereocenters. The Kier molecular flexibility index (Phi) is 6.42. The van der Waals surface area contributed by atoms with Crippen LogP contribution in [-0.2, 0) is 9.53 Å². The van der Waals surface area contributed by atoms with Crippen LogP contribution < -0.4 is 0 Å². The summed E-state index contributed by atoms with van der Waals surface area (Å²) < 4.78 is 5.55. The van der Waals surface area contributed by atoms with E-state index in [1.807, 2.05) is 0 Å². The van der Waals surface area contributed by atoms with Crippen LogP contribution in [0.3, 0.4) is 0 Å². The van der Waals surface area contributed by atoms with Crippen molar-refractivity contribution in [1.82, 2.24) is 4.90 Å². The molecule has 1 aliphatic rings. The summed E-state index contributed by atoms with van der Waals surface area (Å²) in [4.78, 5) is 12.7. The molecular formula is C12H23NO3. The Labute approximate surface area is 97.6 Å². The summed E-state index contributed by atoms with van der Waals surface area (Å²) in [6.07, 6.45) is 5.32. The van der Waals surface area contributed by atoms with Crippen LogP contribution in [0, 0.1) is 0 Å². The molecule has 1 heterocycles. The highest BCUT2D eigenvalue weighted by Gasteiger charge is 2.15. The van der Waals surface area contributed by atoms with Crippen molar-refractivity contribution in [3.05, 3.63) is 0 Å². The fourth-order valence-corrected chi connectivity index (χ4v) is 2.10. The molecule has 0 saturated carbocycles. The third-order valence-electron chi connectivity index (χ3n) is 3.11. The molecular weight excluding hydrogens is 206 g/mol. The topological polar surface area (TPSA) is 49.8 Å². The van der Waals surface area contributed by atoms with Crippen LogP contribution in [0.4, 0.5) is 0 Å². The molecule has 0 radical (unpaired) electrons. The maximum atomic E-state index is 10.5. The first kappa shape index (κ1) is 13.5. The first-order valence-corrected chi connectivity index (χ1v) is 6.28. The molecule has 1 unspecified atom stereocenters. The standard InChI is InChI=1S/C12H23NO3/c1-2-13(9-7-12(14)15)8-3-5-11-6-4-10-16-11/h11H,2-10H2,1H3,(H,14,15). The Morgan fingerprint density at radius 2 is 2.31 bits per heavy atom. The van der Waals surface area contributed by atoms with Crippen LogP contribution in [0.15, 0.2) is 0 Å². The molecule has 1 rings (SSSR count). The smallest absolute Gasteiger partial charge is 0.304 e. The number of rotatable bonds is 8. The lowest BCUT2D eigenvalue weighted by molar-refractivity contribution is -0.137. The largest absolute Gasteiger partial charge is 0.481 e. The molecule has 1 fully saturated rings. The molecule has 0 bridgehead atoms. The van der Waals surface area contributed by atoms with E-state index >= 15 is 0 Å². The van der Waals surface area contributed by atoms with Crippen molar-refractivity contribution >= 4 is 5.97 Å². The van der Waals surface area contributed by atoms with E-state index in [1.165, 1.54) is 12.8 Å². The van der Waals surface area contributed by atoms with Gasteiger partial charge in [-0.15, -0.1) is 0 Å². The fourth-order valence-electron chi connectivity index (χ4n) is 2.10. The van der Waals surface area contributed by atoms with Gasteiger partial charge in [0.25, 0.3) is 0 Å². The van der Waals surface area contributed by atoms with Crippen LogP contribution in [0.25, 0.3) is 0 Å². The van der Waals surface area contributed by atoms with E-state index in [0.717, 1.165) is 32.5 Å². The van der Waals surface area contributed by atoms with Crippen LogP contribution in [0.1, 0.15) is 39.0 Å². The van der Waals surface area contributed by atoms with Gasteiger partial charge in [-0.05, 0) is 38.8 Å². The van der Waals surface area contributed by atoms with E-state index < -0.39 is 5.97 Å². The van der Waals surface area contributed by atoms with Crippen molar-refractivity contribution in [3.63, 3.8) is 0 Å². The van der Waals surface area contributed by atoms with E-state index in [1.54, 1.807) is 0 Å². The number of nitrogens with zero attached hydrogens (tertiary/aromatic N) is 1. The predicted octanol–water partition coefficient (Wildman–Crippen LogP) is 1.74. The van der Waals surface area contributed by atoms with Crippen LogP contribution in [0.2, 0.25) is 0 Å². The summed E-state index contributed by atoms with van der Waals surface area (Å²) in [5.41, 5.74) is 0. The van der Waals surface area contributed by atoms with Gasteiger partial charge in [0.2, 0.25) is 0 Å². The van der Waals surface area contributed by atoms with Gasteiger partial charge in [-0.25, -0.2) is 0 Å². The van der Waals surface area contributed by atoms with Gasteiger partial charge in [-0.3, -0.25) is 4.79 Å². The third-order valence-corrected chi connectivity index (χ3v) is 3.11. The zero-order chi connectivity index (χ0) is 11.8. The van der Waals surface area contributed by atoms with Gasteiger partial charge in [0.15, 0.2) is 0 Å². The zero-order valence-electron chi connectivity index (χ0n) is 10.2. The summed E-state index contributed by atoms with van der Waals surface area (Å²) in [5, 5.41) is 8.61. The highest BCUT2D eigenvalue weighted by molar-refractivity contribution is 5.66. The number of carbonyl (C=O) groups is 1. The monoisotopic (exact) mass is 229 g/mol. The highest BCUT2D eigenvalue weighted by atomic mass is 16.5. The van der Waals surface area contributed by atoms with E-state index in [-0.39, 0.29) is 6.42 Å². The Balaban J connectivity index is 2.05. The number of carboxylic acids is 1. The lowest BCUT2D eigenvalue weighted by Gasteiger charge is -2.20. The van der Waals surface area contributed by atoms with Crippen molar-refractivity contribution < 1.29 is 14.6 Å². The number of hydrogen-bond acceptors (Lipinski definition) is 3. The molecule has 0 spiro atoms. The van der Waals surface area contributed by atoms with Crippen LogP contribution in [0.5, 0.6) is 0 Å². The summed E-state index contributed by atoms with van der Waals surface area (Å²) >= 11 is 0. The lowest BCUT2D eigenvalue weighted by Crippen LogP contribution is -2.27.